The van der Waals surface area contributed by atoms with E-state index in [2.05, 4.69) is 15.2 Å². The van der Waals surface area contributed by atoms with Crippen LogP contribution in [0.4, 0.5) is 15.8 Å². The zero-order valence-electron chi connectivity index (χ0n) is 21.2. The number of aromatic nitrogens is 2. The molecule has 0 unspecified atom stereocenters. The van der Waals surface area contributed by atoms with Gasteiger partial charge in [-0.05, 0) is 91.1 Å². The van der Waals surface area contributed by atoms with E-state index in [1.165, 1.54) is 30.0 Å². The van der Waals surface area contributed by atoms with E-state index >= 15 is 0 Å². The number of anilines is 1. The van der Waals surface area contributed by atoms with Crippen molar-refractivity contribution < 1.29 is 9.31 Å². The van der Waals surface area contributed by atoms with Gasteiger partial charge in [0.05, 0.1) is 21.7 Å². The van der Waals surface area contributed by atoms with Crippen molar-refractivity contribution in [3.63, 3.8) is 0 Å². The van der Waals surface area contributed by atoms with Crippen molar-refractivity contribution in [2.24, 2.45) is 0 Å². The highest BCUT2D eigenvalue weighted by Gasteiger charge is 2.42. The van der Waals surface area contributed by atoms with Crippen LogP contribution in [-0.2, 0) is 0 Å². The van der Waals surface area contributed by atoms with Crippen LogP contribution in [-0.4, -0.2) is 19.6 Å². The van der Waals surface area contributed by atoms with Gasteiger partial charge in [0.25, 0.3) is 5.69 Å². The van der Waals surface area contributed by atoms with E-state index in [1.807, 2.05) is 65.4 Å². The standard InChI is InChI=1S/C30H21ClFN5O2S2/c31-24-18-21(10-15-25(24)32)35-17-3-5-27(35)29-28(26-4-1-2-16-33-26)34-30(40)36(29)19-6-11-22(12-7-19)41-23-13-8-20(9-14-23)37(38)39/h1-18,28-29H,(H,34,40)/t28-,29+/m0/s1. The number of halogens is 2. The molecule has 204 valence electrons. The Hall–Kier alpha value is -4.25. The van der Waals surface area contributed by atoms with Gasteiger partial charge in [-0.15, -0.1) is 0 Å². The van der Waals surface area contributed by atoms with Crippen LogP contribution in [0.15, 0.2) is 119 Å². The molecule has 1 N–H and O–H groups in total. The highest BCUT2D eigenvalue weighted by Crippen LogP contribution is 2.43. The number of nitrogens with one attached hydrogen (secondary N) is 1. The fourth-order valence-electron chi connectivity index (χ4n) is 4.89. The summed E-state index contributed by atoms with van der Waals surface area (Å²) in [5, 5.41) is 15.0. The van der Waals surface area contributed by atoms with Crippen molar-refractivity contribution in [3.8, 4) is 5.69 Å². The van der Waals surface area contributed by atoms with Crippen LogP contribution in [0.3, 0.4) is 0 Å². The van der Waals surface area contributed by atoms with Crippen molar-refractivity contribution in [2.75, 3.05) is 4.90 Å². The van der Waals surface area contributed by atoms with Gasteiger partial charge < -0.3 is 14.8 Å². The normalized spacial score (nSPS) is 16.5. The van der Waals surface area contributed by atoms with Crippen LogP contribution in [0.5, 0.6) is 0 Å². The number of thiocarbonyl (C=S) groups is 1. The van der Waals surface area contributed by atoms with Crippen LogP contribution in [0.25, 0.3) is 5.69 Å². The van der Waals surface area contributed by atoms with Gasteiger partial charge >= 0.3 is 0 Å². The number of nitro groups is 1. The minimum atomic E-state index is -0.479. The molecule has 0 saturated carbocycles. The first-order valence-corrected chi connectivity index (χ1v) is 14.1. The van der Waals surface area contributed by atoms with Crippen LogP contribution >= 0.6 is 35.6 Å². The molecule has 11 heteroatoms. The fourth-order valence-corrected chi connectivity index (χ4v) is 6.22. The molecule has 2 atom stereocenters. The molecule has 0 spiro atoms. The Morgan fingerprint density at radius 1 is 0.951 bits per heavy atom. The first-order valence-electron chi connectivity index (χ1n) is 12.5. The highest BCUT2D eigenvalue weighted by molar-refractivity contribution is 7.99. The summed E-state index contributed by atoms with van der Waals surface area (Å²) >= 11 is 13.5. The lowest BCUT2D eigenvalue weighted by atomic mass is 10.0. The molecule has 0 bridgehead atoms. The van der Waals surface area contributed by atoms with Gasteiger partial charge in [0.1, 0.15) is 11.9 Å². The van der Waals surface area contributed by atoms with E-state index in [1.54, 1.807) is 30.5 Å². The summed E-state index contributed by atoms with van der Waals surface area (Å²) in [6, 6.07) is 28.3. The van der Waals surface area contributed by atoms with Crippen LogP contribution in [0, 0.1) is 15.9 Å². The summed E-state index contributed by atoms with van der Waals surface area (Å²) in [6.07, 6.45) is 3.67. The summed E-state index contributed by atoms with van der Waals surface area (Å²) < 4.78 is 15.9. The van der Waals surface area contributed by atoms with Gasteiger partial charge in [0.15, 0.2) is 5.11 Å². The maximum atomic E-state index is 14.0. The van der Waals surface area contributed by atoms with Gasteiger partial charge in [-0.3, -0.25) is 15.1 Å². The first-order chi connectivity index (χ1) is 19.9. The minimum absolute atomic E-state index is 0.0430. The number of hydrogen-bond donors (Lipinski definition) is 1. The Morgan fingerprint density at radius 2 is 1.66 bits per heavy atom. The number of benzene rings is 3. The maximum Gasteiger partial charge on any atom is 0.269 e. The van der Waals surface area contributed by atoms with Gasteiger partial charge in [-0.2, -0.15) is 0 Å². The van der Waals surface area contributed by atoms with Gasteiger partial charge in [-0.25, -0.2) is 4.39 Å². The van der Waals surface area contributed by atoms with Crippen LogP contribution < -0.4 is 10.2 Å². The number of non-ortho nitro benzene ring substituents is 1. The average molecular weight is 602 g/mol. The second-order valence-corrected chi connectivity index (χ2v) is 11.2. The zero-order valence-corrected chi connectivity index (χ0v) is 23.6. The lowest BCUT2D eigenvalue weighted by Crippen LogP contribution is -2.30. The number of pyridine rings is 1. The second kappa shape index (κ2) is 11.3. The summed E-state index contributed by atoms with van der Waals surface area (Å²) in [4.78, 5) is 19.1. The van der Waals surface area contributed by atoms with E-state index in [0.29, 0.717) is 5.11 Å². The lowest BCUT2D eigenvalue weighted by molar-refractivity contribution is -0.384. The summed E-state index contributed by atoms with van der Waals surface area (Å²) in [5.41, 5.74) is 3.41. The predicted molar refractivity (Wildman–Crippen MR) is 162 cm³/mol. The molecular weight excluding hydrogens is 581 g/mol. The topological polar surface area (TPSA) is 76.2 Å². The maximum absolute atomic E-state index is 14.0. The minimum Gasteiger partial charge on any atom is -0.351 e. The van der Waals surface area contributed by atoms with E-state index in [4.69, 9.17) is 23.8 Å². The Balaban J connectivity index is 1.36. The Morgan fingerprint density at radius 3 is 2.32 bits per heavy atom. The van der Waals surface area contributed by atoms with Gasteiger partial charge in [-0.1, -0.05) is 29.4 Å². The Kier molecular flexibility index (Phi) is 7.44. The highest BCUT2D eigenvalue weighted by atomic mass is 35.5. The van der Waals surface area contributed by atoms with Crippen molar-refractivity contribution in [3.05, 3.63) is 142 Å². The van der Waals surface area contributed by atoms with E-state index in [-0.39, 0.29) is 22.8 Å². The van der Waals surface area contributed by atoms with E-state index < -0.39 is 10.7 Å². The molecule has 6 rings (SSSR count). The number of nitro benzene ring substituents is 1. The third-order valence-corrected chi connectivity index (χ3v) is 8.38. The molecule has 0 amide bonds. The zero-order chi connectivity index (χ0) is 28.5. The van der Waals surface area contributed by atoms with E-state index in [9.17, 15) is 14.5 Å². The Bertz CT molecular complexity index is 1730. The molecule has 41 heavy (non-hydrogen) atoms. The molecule has 0 radical (unpaired) electrons. The van der Waals surface area contributed by atoms with Gasteiger partial charge in [0.2, 0.25) is 0 Å². The lowest BCUT2D eigenvalue weighted by Gasteiger charge is -2.29. The molecule has 1 saturated heterocycles. The molecule has 3 aromatic carbocycles. The third-order valence-electron chi connectivity index (χ3n) is 6.76. The van der Waals surface area contributed by atoms with E-state index in [0.717, 1.165) is 32.6 Å². The molecule has 0 aliphatic carbocycles. The SMILES string of the molecule is O=[N+]([O-])c1ccc(Sc2ccc(N3C(=S)N[C@@H](c4ccccn4)[C@H]3c3cccn3-c3ccc(F)c(Cl)c3)cc2)cc1. The van der Waals surface area contributed by atoms with Crippen molar-refractivity contribution in [1.29, 1.82) is 0 Å². The monoisotopic (exact) mass is 601 g/mol. The first kappa shape index (κ1) is 26.9. The number of hydrogen-bond acceptors (Lipinski definition) is 5. The van der Waals surface area contributed by atoms with Crippen molar-refractivity contribution in [2.45, 2.75) is 21.9 Å². The second-order valence-electron chi connectivity index (χ2n) is 9.25. The fraction of sp³-hybridized carbons (Fsp3) is 0.0667. The largest absolute Gasteiger partial charge is 0.351 e. The van der Waals surface area contributed by atoms with Crippen LogP contribution in [0.2, 0.25) is 5.02 Å². The molecule has 2 aromatic heterocycles. The van der Waals surface area contributed by atoms with Gasteiger partial charge in [0, 0.05) is 51.4 Å². The molecule has 3 heterocycles. The average Bonchev–Trinajstić information content (AvgIpc) is 3.60. The smallest absolute Gasteiger partial charge is 0.269 e. The summed E-state index contributed by atoms with van der Waals surface area (Å²) in [5.74, 6) is -0.479. The summed E-state index contributed by atoms with van der Waals surface area (Å²) in [7, 11) is 0. The molecule has 5 aromatic rings. The Labute approximate surface area is 249 Å². The molecule has 1 fully saturated rings. The molecule has 1 aliphatic rings. The quantitative estimate of drug-likeness (QED) is 0.115. The third kappa shape index (κ3) is 5.41. The molecule has 1 aliphatic heterocycles. The number of nitrogens with zero attached hydrogens (tertiary/aromatic N) is 4. The number of rotatable bonds is 7. The molecule has 7 nitrogen and oxygen atoms in total. The van der Waals surface area contributed by atoms with Crippen molar-refractivity contribution in [1.82, 2.24) is 14.9 Å². The molecular formula is C30H21ClFN5O2S2. The van der Waals surface area contributed by atoms with Crippen molar-refractivity contribution >= 4 is 52.1 Å². The summed E-state index contributed by atoms with van der Waals surface area (Å²) in [6.45, 7) is 0. The predicted octanol–water partition coefficient (Wildman–Crippen LogP) is 7.90. The van der Waals surface area contributed by atoms with Crippen LogP contribution in [0.1, 0.15) is 23.5 Å².